The summed E-state index contributed by atoms with van der Waals surface area (Å²) in [6.45, 7) is 5.29. The maximum atomic E-state index is 5.82. The van der Waals surface area contributed by atoms with Crippen molar-refractivity contribution < 1.29 is 9.26 Å². The van der Waals surface area contributed by atoms with Crippen molar-refractivity contribution in [1.29, 1.82) is 0 Å². The van der Waals surface area contributed by atoms with Gasteiger partial charge in [0.1, 0.15) is 0 Å². The van der Waals surface area contributed by atoms with Crippen molar-refractivity contribution in [3.05, 3.63) is 34.1 Å². The highest BCUT2D eigenvalue weighted by molar-refractivity contribution is 7.07. The Morgan fingerprint density at radius 3 is 3.21 bits per heavy atom. The van der Waals surface area contributed by atoms with Crippen LogP contribution in [0, 0.1) is 0 Å². The van der Waals surface area contributed by atoms with E-state index >= 15 is 0 Å². The smallest absolute Gasteiger partial charge is 0.226 e. The molecule has 0 spiro atoms. The minimum atomic E-state index is 0.164. The molecule has 6 heteroatoms. The van der Waals surface area contributed by atoms with Crippen LogP contribution in [0.4, 0.5) is 0 Å². The second-order valence-electron chi connectivity index (χ2n) is 4.61. The molecule has 102 valence electrons. The van der Waals surface area contributed by atoms with Gasteiger partial charge in [-0.1, -0.05) is 12.1 Å². The zero-order valence-electron chi connectivity index (χ0n) is 10.9. The molecular weight excluding hydrogens is 262 g/mol. The molecule has 0 amide bonds. The standard InChI is InChI=1S/C13H17N3O2S/c1-2-13-14-12(15-18-13)8-16-4-5-17-11(7-16)10-3-6-19-9-10/h3,6,9,11H,2,4-5,7-8H2,1H3/t11-/m0/s1. The number of ether oxygens (including phenoxy) is 1. The maximum absolute atomic E-state index is 5.82. The lowest BCUT2D eigenvalue weighted by atomic mass is 10.1. The van der Waals surface area contributed by atoms with Crippen molar-refractivity contribution in [1.82, 2.24) is 15.0 Å². The van der Waals surface area contributed by atoms with Gasteiger partial charge in [0, 0.05) is 19.5 Å². The molecule has 0 aromatic carbocycles. The molecule has 0 unspecified atom stereocenters. The van der Waals surface area contributed by atoms with Crippen LogP contribution in [0.25, 0.3) is 0 Å². The van der Waals surface area contributed by atoms with Crippen LogP contribution in [-0.2, 0) is 17.7 Å². The summed E-state index contributed by atoms with van der Waals surface area (Å²) in [6.07, 6.45) is 0.950. The Hall–Kier alpha value is -1.24. The summed E-state index contributed by atoms with van der Waals surface area (Å²) in [7, 11) is 0. The summed E-state index contributed by atoms with van der Waals surface area (Å²) in [6, 6.07) is 2.13. The molecule has 19 heavy (non-hydrogen) atoms. The molecule has 0 radical (unpaired) electrons. The first-order valence-corrected chi connectivity index (χ1v) is 7.47. The van der Waals surface area contributed by atoms with Crippen molar-refractivity contribution >= 4 is 11.3 Å². The molecule has 0 bridgehead atoms. The summed E-state index contributed by atoms with van der Waals surface area (Å²) >= 11 is 1.71. The second kappa shape index (κ2) is 5.81. The summed E-state index contributed by atoms with van der Waals surface area (Å²) in [5.74, 6) is 1.47. The van der Waals surface area contributed by atoms with Gasteiger partial charge in [-0.25, -0.2) is 0 Å². The van der Waals surface area contributed by atoms with Crippen molar-refractivity contribution in [2.75, 3.05) is 19.7 Å². The first kappa shape index (κ1) is 12.8. The molecule has 5 nitrogen and oxygen atoms in total. The average Bonchev–Trinajstić information content (AvgIpc) is 3.10. The normalized spacial score (nSPS) is 20.8. The highest BCUT2D eigenvalue weighted by atomic mass is 32.1. The van der Waals surface area contributed by atoms with Crippen LogP contribution < -0.4 is 0 Å². The van der Waals surface area contributed by atoms with Gasteiger partial charge < -0.3 is 9.26 Å². The van der Waals surface area contributed by atoms with Gasteiger partial charge >= 0.3 is 0 Å². The SMILES string of the molecule is CCc1nc(CN2CCO[C@H](c3ccsc3)C2)no1. The zero-order chi connectivity index (χ0) is 13.1. The Labute approximate surface area is 116 Å². The molecule has 0 N–H and O–H groups in total. The van der Waals surface area contributed by atoms with Gasteiger partial charge in [-0.05, 0) is 22.4 Å². The predicted molar refractivity (Wildman–Crippen MR) is 72.0 cm³/mol. The van der Waals surface area contributed by atoms with Crippen LogP contribution in [0.3, 0.4) is 0 Å². The molecule has 1 saturated heterocycles. The lowest BCUT2D eigenvalue weighted by molar-refractivity contribution is -0.0336. The first-order chi connectivity index (χ1) is 9.35. The van der Waals surface area contributed by atoms with Gasteiger partial charge in [0.25, 0.3) is 0 Å². The van der Waals surface area contributed by atoms with Crippen LogP contribution in [0.1, 0.15) is 30.3 Å². The zero-order valence-corrected chi connectivity index (χ0v) is 11.7. The van der Waals surface area contributed by atoms with Crippen molar-refractivity contribution in [3.63, 3.8) is 0 Å². The highest BCUT2D eigenvalue weighted by Crippen LogP contribution is 2.24. The van der Waals surface area contributed by atoms with Crippen molar-refractivity contribution in [2.24, 2.45) is 0 Å². The summed E-state index contributed by atoms with van der Waals surface area (Å²) < 4.78 is 11.0. The van der Waals surface area contributed by atoms with E-state index < -0.39 is 0 Å². The number of hydrogen-bond acceptors (Lipinski definition) is 6. The van der Waals surface area contributed by atoms with E-state index in [0.29, 0.717) is 5.89 Å². The number of thiophene rings is 1. The van der Waals surface area contributed by atoms with Crippen molar-refractivity contribution in [3.8, 4) is 0 Å². The van der Waals surface area contributed by atoms with Crippen LogP contribution in [0.5, 0.6) is 0 Å². The number of aromatic nitrogens is 2. The fourth-order valence-corrected chi connectivity index (χ4v) is 2.91. The third kappa shape index (κ3) is 3.02. The molecular formula is C13H17N3O2S. The van der Waals surface area contributed by atoms with Crippen LogP contribution in [0.2, 0.25) is 0 Å². The number of aryl methyl sites for hydroxylation is 1. The van der Waals surface area contributed by atoms with E-state index in [9.17, 15) is 0 Å². The minimum absolute atomic E-state index is 0.164. The van der Waals surface area contributed by atoms with Gasteiger partial charge in [0.05, 0.1) is 19.3 Å². The molecule has 3 heterocycles. The van der Waals surface area contributed by atoms with Gasteiger partial charge in [-0.2, -0.15) is 16.3 Å². The summed E-state index contributed by atoms with van der Waals surface area (Å²) in [4.78, 5) is 6.67. The van der Waals surface area contributed by atoms with Crippen LogP contribution in [-0.4, -0.2) is 34.7 Å². The van der Waals surface area contributed by atoms with Gasteiger partial charge in [-0.15, -0.1) is 0 Å². The molecule has 2 aromatic rings. The largest absolute Gasteiger partial charge is 0.371 e. The Bertz CT molecular complexity index is 512. The lowest BCUT2D eigenvalue weighted by Gasteiger charge is -2.31. The van der Waals surface area contributed by atoms with Gasteiger partial charge in [0.15, 0.2) is 5.82 Å². The molecule has 1 aliphatic heterocycles. The van der Waals surface area contributed by atoms with Crippen LogP contribution >= 0.6 is 11.3 Å². The molecule has 1 atom stereocenters. The third-order valence-corrected chi connectivity index (χ3v) is 3.94. The van der Waals surface area contributed by atoms with E-state index in [0.717, 1.165) is 38.5 Å². The van der Waals surface area contributed by atoms with Gasteiger partial charge in [0.2, 0.25) is 5.89 Å². The van der Waals surface area contributed by atoms with Crippen LogP contribution in [0.15, 0.2) is 21.3 Å². The predicted octanol–water partition coefficient (Wildman–Crippen LogP) is 2.27. The molecule has 1 aliphatic rings. The molecule has 1 fully saturated rings. The Morgan fingerprint density at radius 2 is 2.47 bits per heavy atom. The number of nitrogens with zero attached hydrogens (tertiary/aromatic N) is 3. The van der Waals surface area contributed by atoms with Gasteiger partial charge in [-0.3, -0.25) is 4.90 Å². The minimum Gasteiger partial charge on any atom is -0.371 e. The fraction of sp³-hybridized carbons (Fsp3) is 0.538. The number of morpholine rings is 1. The van der Waals surface area contributed by atoms with E-state index in [1.54, 1.807) is 11.3 Å². The lowest BCUT2D eigenvalue weighted by Crippen LogP contribution is -2.37. The van der Waals surface area contributed by atoms with E-state index in [1.165, 1.54) is 5.56 Å². The second-order valence-corrected chi connectivity index (χ2v) is 5.39. The third-order valence-electron chi connectivity index (χ3n) is 3.24. The molecule has 0 saturated carbocycles. The average molecular weight is 279 g/mol. The maximum Gasteiger partial charge on any atom is 0.226 e. The monoisotopic (exact) mass is 279 g/mol. The summed E-state index contributed by atoms with van der Waals surface area (Å²) in [5, 5.41) is 8.24. The number of rotatable bonds is 4. The quantitative estimate of drug-likeness (QED) is 0.859. The van der Waals surface area contributed by atoms with E-state index in [2.05, 4.69) is 31.9 Å². The first-order valence-electron chi connectivity index (χ1n) is 6.52. The highest BCUT2D eigenvalue weighted by Gasteiger charge is 2.23. The van der Waals surface area contributed by atoms with Crippen molar-refractivity contribution in [2.45, 2.75) is 26.0 Å². The van der Waals surface area contributed by atoms with E-state index in [4.69, 9.17) is 9.26 Å². The fourth-order valence-electron chi connectivity index (χ4n) is 2.20. The molecule has 3 rings (SSSR count). The van der Waals surface area contributed by atoms with E-state index in [1.807, 2.05) is 6.92 Å². The topological polar surface area (TPSA) is 51.4 Å². The number of hydrogen-bond donors (Lipinski definition) is 0. The Balaban J connectivity index is 1.62. The Kier molecular flexibility index (Phi) is 3.91. The Morgan fingerprint density at radius 1 is 1.53 bits per heavy atom. The molecule has 0 aliphatic carbocycles. The molecule has 2 aromatic heterocycles. The summed E-state index contributed by atoms with van der Waals surface area (Å²) in [5.41, 5.74) is 1.26. The van der Waals surface area contributed by atoms with E-state index in [-0.39, 0.29) is 6.10 Å².